The maximum Gasteiger partial charge on any atom is 0.271 e. The lowest BCUT2D eigenvalue weighted by Crippen LogP contribution is -2.22. The number of carbonyl (C=O) groups excluding carboxylic acids is 1. The molecule has 0 saturated carbocycles. The van der Waals surface area contributed by atoms with E-state index in [1.165, 1.54) is 23.2 Å². The number of nitro groups is 1. The summed E-state index contributed by atoms with van der Waals surface area (Å²) in [7, 11) is 3.09. The average molecular weight is 396 g/mol. The summed E-state index contributed by atoms with van der Waals surface area (Å²) in [5.41, 5.74) is 1.13. The first kappa shape index (κ1) is 19.1. The number of hydrogen-bond acceptors (Lipinski definition) is 6. The summed E-state index contributed by atoms with van der Waals surface area (Å²) < 4.78 is 0. The number of nitriles is 1. The Balaban J connectivity index is 2.33. The smallest absolute Gasteiger partial charge is 0.271 e. The van der Waals surface area contributed by atoms with Gasteiger partial charge in [-0.1, -0.05) is 17.7 Å². The van der Waals surface area contributed by atoms with Crippen molar-refractivity contribution in [3.63, 3.8) is 0 Å². The molecule has 2 aromatic carbocycles. The van der Waals surface area contributed by atoms with E-state index in [1.54, 1.807) is 38.4 Å². The van der Waals surface area contributed by atoms with Gasteiger partial charge in [-0.15, -0.1) is 0 Å². The van der Waals surface area contributed by atoms with E-state index in [4.69, 9.17) is 11.6 Å². The number of halogens is 1. The molecule has 3 aromatic rings. The van der Waals surface area contributed by atoms with Crippen molar-refractivity contribution < 1.29 is 9.72 Å². The first-order valence-electron chi connectivity index (χ1n) is 8.07. The number of nitro benzene ring substituents is 1. The van der Waals surface area contributed by atoms with Gasteiger partial charge < -0.3 is 10.2 Å². The molecule has 3 rings (SSSR count). The number of pyridine rings is 1. The fraction of sp³-hybridized carbons (Fsp3) is 0.105. The molecule has 28 heavy (non-hydrogen) atoms. The number of fused-ring (bicyclic) bond motifs is 1. The summed E-state index contributed by atoms with van der Waals surface area (Å²) in [5.74, 6) is -0.431. The van der Waals surface area contributed by atoms with Gasteiger partial charge in [0.1, 0.15) is 6.07 Å². The SMILES string of the molecule is CN(C)C(=O)c1cc([N+](=O)[O-])cc2c(Nc3cccc(Cl)c3)c(C#N)cnc12. The van der Waals surface area contributed by atoms with Gasteiger partial charge in [0, 0.05) is 48.5 Å². The minimum absolute atomic E-state index is 0.0767. The third-order valence-electron chi connectivity index (χ3n) is 4.02. The molecule has 0 saturated heterocycles. The van der Waals surface area contributed by atoms with Gasteiger partial charge in [0.2, 0.25) is 0 Å². The monoisotopic (exact) mass is 395 g/mol. The summed E-state index contributed by atoms with van der Waals surface area (Å²) in [4.78, 5) is 28.9. The molecule has 0 spiro atoms. The molecule has 0 aliphatic carbocycles. The highest BCUT2D eigenvalue weighted by Crippen LogP contribution is 2.34. The molecule has 8 nitrogen and oxygen atoms in total. The normalized spacial score (nSPS) is 10.4. The highest BCUT2D eigenvalue weighted by atomic mass is 35.5. The summed E-state index contributed by atoms with van der Waals surface area (Å²) in [6.07, 6.45) is 1.33. The number of nitrogens with one attached hydrogen (secondary N) is 1. The molecule has 0 aliphatic rings. The molecule has 9 heteroatoms. The van der Waals surface area contributed by atoms with E-state index in [2.05, 4.69) is 10.3 Å². The van der Waals surface area contributed by atoms with Crippen LogP contribution in [0, 0.1) is 21.4 Å². The minimum Gasteiger partial charge on any atom is -0.354 e. The molecule has 0 bridgehead atoms. The van der Waals surface area contributed by atoms with Crippen molar-refractivity contribution in [3.8, 4) is 6.07 Å². The lowest BCUT2D eigenvalue weighted by Gasteiger charge is -2.15. The number of non-ortho nitro benzene ring substituents is 1. The summed E-state index contributed by atoms with van der Waals surface area (Å²) in [6.45, 7) is 0. The van der Waals surface area contributed by atoms with Crippen LogP contribution in [0.4, 0.5) is 17.1 Å². The van der Waals surface area contributed by atoms with Gasteiger partial charge in [-0.2, -0.15) is 5.26 Å². The number of amides is 1. The molecule has 0 radical (unpaired) electrons. The quantitative estimate of drug-likeness (QED) is 0.525. The molecular weight excluding hydrogens is 382 g/mol. The molecular formula is C19H14ClN5O3. The van der Waals surface area contributed by atoms with Crippen molar-refractivity contribution in [3.05, 3.63) is 68.9 Å². The van der Waals surface area contributed by atoms with Gasteiger partial charge in [0.05, 0.1) is 27.3 Å². The van der Waals surface area contributed by atoms with Crippen molar-refractivity contribution >= 4 is 45.5 Å². The van der Waals surface area contributed by atoms with Crippen LogP contribution in [0.15, 0.2) is 42.6 Å². The summed E-state index contributed by atoms with van der Waals surface area (Å²) in [6, 6.07) is 11.3. The fourth-order valence-corrected chi connectivity index (χ4v) is 2.92. The molecule has 1 heterocycles. The van der Waals surface area contributed by atoms with Gasteiger partial charge in [-0.25, -0.2) is 0 Å². The second-order valence-corrected chi connectivity index (χ2v) is 6.58. The molecule has 0 unspecified atom stereocenters. The van der Waals surface area contributed by atoms with E-state index in [-0.39, 0.29) is 22.3 Å². The number of rotatable bonds is 4. The zero-order chi connectivity index (χ0) is 20.4. The van der Waals surface area contributed by atoms with Crippen LogP contribution >= 0.6 is 11.6 Å². The second-order valence-electron chi connectivity index (χ2n) is 6.14. The number of nitrogens with zero attached hydrogens (tertiary/aromatic N) is 4. The van der Waals surface area contributed by atoms with Gasteiger partial charge >= 0.3 is 0 Å². The predicted molar refractivity (Wildman–Crippen MR) is 106 cm³/mol. The number of anilines is 2. The van der Waals surface area contributed by atoms with Gasteiger partial charge in [-0.05, 0) is 18.2 Å². The first-order chi connectivity index (χ1) is 13.3. The first-order valence-corrected chi connectivity index (χ1v) is 8.45. The van der Waals surface area contributed by atoms with Crippen LogP contribution in [-0.4, -0.2) is 34.8 Å². The van der Waals surface area contributed by atoms with E-state index in [0.717, 1.165) is 0 Å². The maximum absolute atomic E-state index is 12.6. The third kappa shape index (κ3) is 3.56. The highest BCUT2D eigenvalue weighted by molar-refractivity contribution is 6.30. The Morgan fingerprint density at radius 2 is 2.07 bits per heavy atom. The Hall–Kier alpha value is -3.70. The Labute approximate surface area is 165 Å². The lowest BCUT2D eigenvalue weighted by atomic mass is 10.0. The summed E-state index contributed by atoms with van der Waals surface area (Å²) in [5, 5.41) is 24.8. The molecule has 0 aliphatic heterocycles. The maximum atomic E-state index is 12.6. The average Bonchev–Trinajstić information content (AvgIpc) is 2.66. The molecule has 0 atom stereocenters. The van der Waals surface area contributed by atoms with Crippen molar-refractivity contribution in [2.45, 2.75) is 0 Å². The highest BCUT2D eigenvalue weighted by Gasteiger charge is 2.22. The number of carbonyl (C=O) groups is 1. The van der Waals surface area contributed by atoms with Crippen molar-refractivity contribution in [1.82, 2.24) is 9.88 Å². The van der Waals surface area contributed by atoms with E-state index in [9.17, 15) is 20.2 Å². The van der Waals surface area contributed by atoms with Crippen molar-refractivity contribution in [2.75, 3.05) is 19.4 Å². The van der Waals surface area contributed by atoms with Crippen LogP contribution in [0.25, 0.3) is 10.9 Å². The van der Waals surface area contributed by atoms with Crippen LogP contribution in [0.1, 0.15) is 15.9 Å². The van der Waals surface area contributed by atoms with Crippen LogP contribution < -0.4 is 5.32 Å². The van der Waals surface area contributed by atoms with E-state index >= 15 is 0 Å². The second kappa shape index (κ2) is 7.50. The topological polar surface area (TPSA) is 112 Å². The van der Waals surface area contributed by atoms with Crippen LogP contribution in [0.3, 0.4) is 0 Å². The van der Waals surface area contributed by atoms with Crippen molar-refractivity contribution in [2.24, 2.45) is 0 Å². The van der Waals surface area contributed by atoms with Gasteiger partial charge in [0.25, 0.3) is 11.6 Å². The Morgan fingerprint density at radius 3 is 2.68 bits per heavy atom. The van der Waals surface area contributed by atoms with Crippen LogP contribution in [0.5, 0.6) is 0 Å². The fourth-order valence-electron chi connectivity index (χ4n) is 2.73. The van der Waals surface area contributed by atoms with E-state index in [0.29, 0.717) is 21.8 Å². The third-order valence-corrected chi connectivity index (χ3v) is 4.25. The molecule has 1 N–H and O–H groups in total. The molecule has 140 valence electrons. The lowest BCUT2D eigenvalue weighted by molar-refractivity contribution is -0.384. The zero-order valence-corrected chi connectivity index (χ0v) is 15.7. The molecule has 1 aromatic heterocycles. The van der Waals surface area contributed by atoms with E-state index < -0.39 is 10.8 Å². The van der Waals surface area contributed by atoms with Crippen molar-refractivity contribution in [1.29, 1.82) is 5.26 Å². The predicted octanol–water partition coefficient (Wildman–Crippen LogP) is 4.11. The number of benzene rings is 2. The number of aromatic nitrogens is 1. The Kier molecular flexibility index (Phi) is 5.11. The van der Waals surface area contributed by atoms with Gasteiger partial charge in [0.15, 0.2) is 0 Å². The van der Waals surface area contributed by atoms with E-state index in [1.807, 2.05) is 6.07 Å². The Bertz CT molecular complexity index is 1150. The zero-order valence-electron chi connectivity index (χ0n) is 14.9. The largest absolute Gasteiger partial charge is 0.354 e. The number of hydrogen-bond donors (Lipinski definition) is 1. The Morgan fingerprint density at radius 1 is 1.32 bits per heavy atom. The standard InChI is InChI=1S/C19H14ClN5O3/c1-24(2)19(26)16-8-14(25(27)28)7-15-17(11(9-21)10-22-18(15)16)23-13-5-3-4-12(20)6-13/h3-8,10H,1-2H3,(H,22,23). The molecule has 1 amide bonds. The minimum atomic E-state index is -0.589. The van der Waals surface area contributed by atoms with Crippen LogP contribution in [-0.2, 0) is 0 Å². The molecule has 0 fully saturated rings. The van der Waals surface area contributed by atoms with Crippen LogP contribution in [0.2, 0.25) is 5.02 Å². The summed E-state index contributed by atoms with van der Waals surface area (Å²) >= 11 is 6.01. The van der Waals surface area contributed by atoms with Gasteiger partial charge in [-0.3, -0.25) is 19.9 Å².